The van der Waals surface area contributed by atoms with Crippen LogP contribution >= 0.6 is 0 Å². The largest absolute Gasteiger partial charge is 0.454 e. The van der Waals surface area contributed by atoms with Crippen LogP contribution in [0.2, 0.25) is 0 Å². The summed E-state index contributed by atoms with van der Waals surface area (Å²) in [6.45, 7) is 2.92. The van der Waals surface area contributed by atoms with E-state index in [-0.39, 0.29) is 23.8 Å². The van der Waals surface area contributed by atoms with Gasteiger partial charge in [0.05, 0.1) is 23.7 Å². The Bertz CT molecular complexity index is 1070. The van der Waals surface area contributed by atoms with Crippen LogP contribution < -0.4 is 4.83 Å². The van der Waals surface area contributed by atoms with Crippen molar-refractivity contribution in [2.45, 2.75) is 31.0 Å². The first-order valence-corrected chi connectivity index (χ1v) is 10.9. The molecule has 1 heterocycles. The molecule has 0 spiro atoms. The van der Waals surface area contributed by atoms with Crippen molar-refractivity contribution in [3.8, 4) is 0 Å². The summed E-state index contributed by atoms with van der Waals surface area (Å²) >= 11 is 0. The van der Waals surface area contributed by atoms with E-state index < -0.39 is 34.2 Å². The van der Waals surface area contributed by atoms with E-state index in [0.717, 1.165) is 5.56 Å². The predicted octanol–water partition coefficient (Wildman–Crippen LogP) is 1.82. The molecule has 2 atom stereocenters. The highest BCUT2D eigenvalue weighted by Gasteiger charge is 2.36. The Morgan fingerprint density at radius 1 is 1.00 bits per heavy atom. The van der Waals surface area contributed by atoms with Crippen LogP contribution in [-0.4, -0.2) is 51.5 Å². The molecule has 0 unspecified atom stereocenters. The first-order valence-electron chi connectivity index (χ1n) is 9.43. The standard InChI is InChI=1S/C21H22N2O7S/c1-14-8-10-17(11-9-14)31(26,27)23-22-20-18(29-15(2)24)12-28-13-19(20)30-21(25)16-6-4-3-5-7-16/h3-11,18-19,23H,12-13H2,1-2H3/b22-20+/t18-,19-/m0/s1. The van der Waals surface area contributed by atoms with Crippen molar-refractivity contribution in [2.24, 2.45) is 5.10 Å². The van der Waals surface area contributed by atoms with E-state index >= 15 is 0 Å². The molecule has 0 saturated carbocycles. The van der Waals surface area contributed by atoms with Crippen LogP contribution in [0.15, 0.2) is 64.6 Å². The molecule has 1 aliphatic rings. The number of hydrogen-bond acceptors (Lipinski definition) is 8. The molecule has 0 aliphatic carbocycles. The van der Waals surface area contributed by atoms with Crippen LogP contribution in [-0.2, 0) is 29.0 Å². The molecule has 1 N–H and O–H groups in total. The molecule has 0 aromatic heterocycles. The Hall–Kier alpha value is -3.24. The zero-order valence-corrected chi connectivity index (χ0v) is 17.8. The van der Waals surface area contributed by atoms with Crippen molar-refractivity contribution in [3.63, 3.8) is 0 Å². The fraction of sp³-hybridized carbons (Fsp3) is 0.286. The second-order valence-corrected chi connectivity index (χ2v) is 8.50. The summed E-state index contributed by atoms with van der Waals surface area (Å²) in [6.07, 6.45) is -2.06. The average molecular weight is 446 g/mol. The van der Waals surface area contributed by atoms with Gasteiger partial charge in [-0.15, -0.1) is 0 Å². The molecule has 10 heteroatoms. The molecular weight excluding hydrogens is 424 g/mol. The highest BCUT2D eigenvalue weighted by Crippen LogP contribution is 2.16. The van der Waals surface area contributed by atoms with Crippen LogP contribution in [0.25, 0.3) is 0 Å². The Morgan fingerprint density at radius 3 is 2.23 bits per heavy atom. The normalized spacial score (nSPS) is 20.1. The molecule has 3 rings (SSSR count). The number of benzene rings is 2. The van der Waals surface area contributed by atoms with Crippen molar-refractivity contribution >= 4 is 27.7 Å². The van der Waals surface area contributed by atoms with Gasteiger partial charge in [-0.2, -0.15) is 18.4 Å². The molecule has 1 fully saturated rings. The maximum absolute atomic E-state index is 12.6. The summed E-state index contributed by atoms with van der Waals surface area (Å²) in [5.74, 6) is -1.26. The average Bonchev–Trinajstić information content (AvgIpc) is 2.74. The van der Waals surface area contributed by atoms with Gasteiger partial charge in [0.25, 0.3) is 10.0 Å². The van der Waals surface area contributed by atoms with Crippen molar-refractivity contribution in [2.75, 3.05) is 13.2 Å². The van der Waals surface area contributed by atoms with Gasteiger partial charge in [-0.25, -0.2) is 4.79 Å². The Labute approximate surface area is 180 Å². The van der Waals surface area contributed by atoms with E-state index in [2.05, 4.69) is 9.93 Å². The number of rotatable bonds is 6. The summed E-state index contributed by atoms with van der Waals surface area (Å²) < 4.78 is 41.2. The first-order chi connectivity index (χ1) is 14.8. The fourth-order valence-corrected chi connectivity index (χ4v) is 3.67. The minimum absolute atomic E-state index is 0.0105. The first kappa shape index (κ1) is 22.4. The van der Waals surface area contributed by atoms with Gasteiger partial charge < -0.3 is 14.2 Å². The third-order valence-corrected chi connectivity index (χ3v) is 5.62. The number of esters is 2. The minimum Gasteiger partial charge on any atom is -0.454 e. The van der Waals surface area contributed by atoms with Crippen LogP contribution in [0.1, 0.15) is 22.8 Å². The monoisotopic (exact) mass is 446 g/mol. The second kappa shape index (κ2) is 9.71. The van der Waals surface area contributed by atoms with E-state index in [1.807, 2.05) is 6.92 Å². The third-order valence-electron chi connectivity index (χ3n) is 4.39. The lowest BCUT2D eigenvalue weighted by Crippen LogP contribution is -2.49. The number of hydrazone groups is 1. The number of carbonyl (C=O) groups excluding carboxylic acids is 2. The summed E-state index contributed by atoms with van der Waals surface area (Å²) in [5.41, 5.74) is 1.23. The molecule has 0 bridgehead atoms. The molecule has 2 aromatic carbocycles. The molecular formula is C21H22N2O7S. The highest BCUT2D eigenvalue weighted by molar-refractivity contribution is 7.89. The topological polar surface area (TPSA) is 120 Å². The van der Waals surface area contributed by atoms with Gasteiger partial charge in [0.2, 0.25) is 0 Å². The van der Waals surface area contributed by atoms with Gasteiger partial charge in [-0.05, 0) is 31.2 Å². The van der Waals surface area contributed by atoms with Gasteiger partial charge in [0.1, 0.15) is 5.71 Å². The number of hydrogen-bond donors (Lipinski definition) is 1. The summed E-state index contributed by atoms with van der Waals surface area (Å²) in [6, 6.07) is 14.5. The van der Waals surface area contributed by atoms with Gasteiger partial charge in [-0.1, -0.05) is 35.9 Å². The fourth-order valence-electron chi connectivity index (χ4n) is 2.85. The maximum atomic E-state index is 12.6. The molecule has 0 radical (unpaired) electrons. The van der Waals surface area contributed by atoms with Crippen molar-refractivity contribution in [1.82, 2.24) is 4.83 Å². The van der Waals surface area contributed by atoms with E-state index in [1.54, 1.807) is 42.5 Å². The van der Waals surface area contributed by atoms with Crippen LogP contribution in [0.4, 0.5) is 0 Å². The number of nitrogens with zero attached hydrogens (tertiary/aromatic N) is 1. The smallest absolute Gasteiger partial charge is 0.338 e. The van der Waals surface area contributed by atoms with Crippen molar-refractivity contribution < 1.29 is 32.2 Å². The number of ether oxygens (including phenoxy) is 3. The predicted molar refractivity (Wildman–Crippen MR) is 111 cm³/mol. The van der Waals surface area contributed by atoms with E-state index in [9.17, 15) is 18.0 Å². The second-order valence-electron chi connectivity index (χ2n) is 6.84. The minimum atomic E-state index is -3.99. The molecule has 1 saturated heterocycles. The molecule has 1 aliphatic heterocycles. The molecule has 31 heavy (non-hydrogen) atoms. The molecule has 9 nitrogen and oxygen atoms in total. The van der Waals surface area contributed by atoms with Gasteiger partial charge in [0.15, 0.2) is 12.2 Å². The van der Waals surface area contributed by atoms with E-state index in [1.165, 1.54) is 19.1 Å². The number of nitrogens with one attached hydrogen (secondary N) is 1. The Kier molecular flexibility index (Phi) is 7.03. The van der Waals surface area contributed by atoms with E-state index in [0.29, 0.717) is 5.56 Å². The number of carbonyl (C=O) groups is 2. The SMILES string of the molecule is CC(=O)O[C@H]1COC[C@H](OC(=O)c2ccccc2)/C1=N/NS(=O)(=O)c1ccc(C)cc1. The van der Waals surface area contributed by atoms with Gasteiger partial charge in [0, 0.05) is 6.92 Å². The Morgan fingerprint density at radius 2 is 1.61 bits per heavy atom. The molecule has 2 aromatic rings. The third kappa shape index (κ3) is 5.89. The van der Waals surface area contributed by atoms with Crippen molar-refractivity contribution in [1.29, 1.82) is 0 Å². The van der Waals surface area contributed by atoms with Crippen LogP contribution in [0.5, 0.6) is 0 Å². The van der Waals surface area contributed by atoms with Crippen LogP contribution in [0.3, 0.4) is 0 Å². The summed E-state index contributed by atoms with van der Waals surface area (Å²) in [5, 5.41) is 3.96. The lowest BCUT2D eigenvalue weighted by molar-refractivity contribution is -0.147. The quantitative estimate of drug-likeness (QED) is 0.531. The van der Waals surface area contributed by atoms with Crippen molar-refractivity contribution in [3.05, 3.63) is 65.7 Å². The number of aryl methyl sites for hydroxylation is 1. The molecule has 0 amide bonds. The van der Waals surface area contributed by atoms with Crippen LogP contribution in [0, 0.1) is 6.92 Å². The summed E-state index contributed by atoms with van der Waals surface area (Å²) in [4.78, 5) is 26.1. The lowest BCUT2D eigenvalue weighted by atomic mass is 10.1. The lowest BCUT2D eigenvalue weighted by Gasteiger charge is -2.30. The Balaban J connectivity index is 1.86. The van der Waals surface area contributed by atoms with E-state index in [4.69, 9.17) is 14.2 Å². The summed E-state index contributed by atoms with van der Waals surface area (Å²) in [7, 11) is -3.99. The van der Waals surface area contributed by atoms with Gasteiger partial charge >= 0.3 is 11.9 Å². The molecule has 164 valence electrons. The maximum Gasteiger partial charge on any atom is 0.338 e. The van der Waals surface area contributed by atoms with Gasteiger partial charge in [-0.3, -0.25) is 4.79 Å². The zero-order valence-electron chi connectivity index (χ0n) is 17.0. The zero-order chi connectivity index (χ0) is 22.4. The highest BCUT2D eigenvalue weighted by atomic mass is 32.2. The number of sulfonamides is 1.